The van der Waals surface area contributed by atoms with Crippen molar-refractivity contribution in [1.29, 1.82) is 0 Å². The predicted octanol–water partition coefficient (Wildman–Crippen LogP) is 2.16. The third kappa shape index (κ3) is 2.37. The Morgan fingerprint density at radius 2 is 1.40 bits per heavy atom. The fourth-order valence-corrected chi connectivity index (χ4v) is 0.425. The molecule has 0 rings (SSSR count). The van der Waals surface area contributed by atoms with Crippen molar-refractivity contribution < 1.29 is 18.0 Å². The Morgan fingerprint density at radius 3 is 1.40 bits per heavy atom. The summed E-state index contributed by atoms with van der Waals surface area (Å²) in [5.41, 5.74) is -1.32. The fraction of sp³-hybridized carbons (Fsp3) is 0.833. The first kappa shape index (κ1) is 9.46. The monoisotopic (exact) mass is 154 g/mol. The highest BCUT2D eigenvalue weighted by atomic mass is 19.4. The molecule has 0 aliphatic heterocycles. The first-order chi connectivity index (χ1) is 4.15. The van der Waals surface area contributed by atoms with Crippen LogP contribution in [-0.4, -0.2) is 12.0 Å². The lowest BCUT2D eigenvalue weighted by atomic mass is 9.91. The van der Waals surface area contributed by atoms with Crippen molar-refractivity contribution in [3.05, 3.63) is 0 Å². The Kier molecular flexibility index (Phi) is 2.13. The van der Waals surface area contributed by atoms with Gasteiger partial charge in [-0.1, -0.05) is 20.8 Å². The molecule has 60 valence electrons. The lowest BCUT2D eigenvalue weighted by Crippen LogP contribution is -2.34. The first-order valence-corrected chi connectivity index (χ1v) is 2.77. The molecule has 0 aromatic carbocycles. The van der Waals surface area contributed by atoms with E-state index in [1.807, 2.05) is 0 Å². The smallest absolute Gasteiger partial charge is 0.289 e. The second kappa shape index (κ2) is 2.25. The topological polar surface area (TPSA) is 17.1 Å². The number of carbonyl (C=O) groups is 1. The Labute approximate surface area is 57.2 Å². The van der Waals surface area contributed by atoms with Crippen LogP contribution in [0, 0.1) is 5.41 Å². The van der Waals surface area contributed by atoms with Crippen molar-refractivity contribution in [2.75, 3.05) is 0 Å². The molecule has 0 amide bonds. The Bertz CT molecular complexity index is 124. The SMILES string of the molecule is CC(C)(C)C(=O)C(F)(F)F. The molecular formula is C6H9F3O. The van der Waals surface area contributed by atoms with Crippen LogP contribution in [0.5, 0.6) is 0 Å². The van der Waals surface area contributed by atoms with Gasteiger partial charge in [0.2, 0.25) is 5.78 Å². The van der Waals surface area contributed by atoms with Crippen LogP contribution in [0.4, 0.5) is 13.2 Å². The van der Waals surface area contributed by atoms with Gasteiger partial charge in [0, 0.05) is 5.41 Å². The zero-order valence-corrected chi connectivity index (χ0v) is 6.04. The van der Waals surface area contributed by atoms with Gasteiger partial charge in [0.1, 0.15) is 0 Å². The van der Waals surface area contributed by atoms with E-state index >= 15 is 0 Å². The van der Waals surface area contributed by atoms with E-state index in [2.05, 4.69) is 0 Å². The third-order valence-corrected chi connectivity index (χ3v) is 0.939. The normalized spacial score (nSPS) is 13.4. The van der Waals surface area contributed by atoms with Crippen LogP contribution in [-0.2, 0) is 4.79 Å². The molecule has 0 fully saturated rings. The van der Waals surface area contributed by atoms with Gasteiger partial charge in [0.25, 0.3) is 0 Å². The van der Waals surface area contributed by atoms with Crippen molar-refractivity contribution >= 4 is 5.78 Å². The maximum atomic E-state index is 11.6. The lowest BCUT2D eigenvalue weighted by molar-refractivity contribution is -0.179. The van der Waals surface area contributed by atoms with Crippen LogP contribution in [0.1, 0.15) is 20.8 Å². The van der Waals surface area contributed by atoms with Crippen molar-refractivity contribution in [2.24, 2.45) is 5.41 Å². The lowest BCUT2D eigenvalue weighted by Gasteiger charge is -2.17. The van der Waals surface area contributed by atoms with Gasteiger partial charge in [0.15, 0.2) is 0 Å². The Balaban J connectivity index is 4.40. The quantitative estimate of drug-likeness (QED) is 0.522. The number of hydrogen-bond acceptors (Lipinski definition) is 1. The predicted molar refractivity (Wildman–Crippen MR) is 30.5 cm³/mol. The highest BCUT2D eigenvalue weighted by Gasteiger charge is 2.45. The molecule has 4 heteroatoms. The van der Waals surface area contributed by atoms with Gasteiger partial charge in [-0.25, -0.2) is 0 Å². The summed E-state index contributed by atoms with van der Waals surface area (Å²) in [6.45, 7) is 3.72. The van der Waals surface area contributed by atoms with Crippen LogP contribution >= 0.6 is 0 Å². The molecule has 0 aliphatic carbocycles. The van der Waals surface area contributed by atoms with Gasteiger partial charge in [-0.2, -0.15) is 13.2 Å². The molecular weight excluding hydrogens is 145 g/mol. The fourth-order valence-electron chi connectivity index (χ4n) is 0.425. The number of carbonyl (C=O) groups excluding carboxylic acids is 1. The summed E-state index contributed by atoms with van der Waals surface area (Å²) in [6, 6.07) is 0. The molecule has 0 atom stereocenters. The van der Waals surface area contributed by atoms with Crippen molar-refractivity contribution in [1.82, 2.24) is 0 Å². The molecule has 0 saturated carbocycles. The number of halogens is 3. The molecule has 0 aromatic heterocycles. The molecule has 0 unspecified atom stereocenters. The van der Waals surface area contributed by atoms with E-state index in [9.17, 15) is 18.0 Å². The summed E-state index contributed by atoms with van der Waals surface area (Å²) in [6.07, 6.45) is -4.70. The first-order valence-electron chi connectivity index (χ1n) is 2.77. The molecule has 0 heterocycles. The summed E-state index contributed by atoms with van der Waals surface area (Å²) in [5, 5.41) is 0. The van der Waals surface area contributed by atoms with E-state index in [0.717, 1.165) is 0 Å². The standard InChI is InChI=1S/C6H9F3O/c1-5(2,3)4(10)6(7,8)9/h1-3H3. The summed E-state index contributed by atoms with van der Waals surface area (Å²) in [4.78, 5) is 10.4. The molecule has 10 heavy (non-hydrogen) atoms. The van der Waals surface area contributed by atoms with Gasteiger partial charge in [-0.3, -0.25) is 4.79 Å². The third-order valence-electron chi connectivity index (χ3n) is 0.939. The van der Waals surface area contributed by atoms with E-state index < -0.39 is 17.4 Å². The van der Waals surface area contributed by atoms with Crippen LogP contribution in [0.3, 0.4) is 0 Å². The van der Waals surface area contributed by atoms with E-state index in [1.54, 1.807) is 0 Å². The van der Waals surface area contributed by atoms with Crippen molar-refractivity contribution in [2.45, 2.75) is 26.9 Å². The average molecular weight is 154 g/mol. The number of Topliss-reactive ketones (excluding diaryl/α,β-unsaturated/α-hetero) is 1. The maximum Gasteiger partial charge on any atom is 0.450 e. The summed E-state index contributed by atoms with van der Waals surface area (Å²) < 4.78 is 34.8. The Morgan fingerprint density at radius 1 is 1.10 bits per heavy atom. The molecule has 0 N–H and O–H groups in total. The van der Waals surface area contributed by atoms with Crippen LogP contribution in [0.15, 0.2) is 0 Å². The van der Waals surface area contributed by atoms with Gasteiger partial charge < -0.3 is 0 Å². The minimum atomic E-state index is -4.70. The molecule has 0 radical (unpaired) electrons. The highest BCUT2D eigenvalue weighted by molar-refractivity contribution is 5.88. The van der Waals surface area contributed by atoms with Crippen LogP contribution in [0.25, 0.3) is 0 Å². The second-order valence-electron chi connectivity index (χ2n) is 3.08. The number of ketones is 1. The van der Waals surface area contributed by atoms with Crippen LogP contribution in [0.2, 0.25) is 0 Å². The van der Waals surface area contributed by atoms with Gasteiger partial charge >= 0.3 is 6.18 Å². The zero-order chi connectivity index (χ0) is 8.58. The van der Waals surface area contributed by atoms with Gasteiger partial charge in [-0.15, -0.1) is 0 Å². The molecule has 0 spiro atoms. The number of alkyl halides is 3. The number of rotatable bonds is 0. The molecule has 1 nitrogen and oxygen atoms in total. The molecule has 0 aliphatic rings. The van der Waals surface area contributed by atoms with E-state index in [-0.39, 0.29) is 0 Å². The van der Waals surface area contributed by atoms with Gasteiger partial charge in [0.05, 0.1) is 0 Å². The van der Waals surface area contributed by atoms with E-state index in [1.165, 1.54) is 20.8 Å². The van der Waals surface area contributed by atoms with E-state index in [4.69, 9.17) is 0 Å². The number of hydrogen-bond donors (Lipinski definition) is 0. The largest absolute Gasteiger partial charge is 0.450 e. The summed E-state index contributed by atoms with van der Waals surface area (Å²) in [7, 11) is 0. The van der Waals surface area contributed by atoms with Crippen molar-refractivity contribution in [3.63, 3.8) is 0 Å². The molecule has 0 bridgehead atoms. The Hall–Kier alpha value is -0.540. The van der Waals surface area contributed by atoms with E-state index in [0.29, 0.717) is 0 Å². The average Bonchev–Trinajstić information content (AvgIpc) is 1.59. The second-order valence-corrected chi connectivity index (χ2v) is 3.08. The maximum absolute atomic E-state index is 11.6. The zero-order valence-electron chi connectivity index (χ0n) is 6.04. The minimum absolute atomic E-state index is 1.24. The molecule has 0 saturated heterocycles. The van der Waals surface area contributed by atoms with Crippen LogP contribution < -0.4 is 0 Å². The highest BCUT2D eigenvalue weighted by Crippen LogP contribution is 2.27. The van der Waals surface area contributed by atoms with Gasteiger partial charge in [-0.05, 0) is 0 Å². The summed E-state index contributed by atoms with van der Waals surface area (Å²) in [5.74, 6) is -1.68. The molecule has 0 aromatic rings. The van der Waals surface area contributed by atoms with Crippen molar-refractivity contribution in [3.8, 4) is 0 Å². The summed E-state index contributed by atoms with van der Waals surface area (Å²) >= 11 is 0. The minimum Gasteiger partial charge on any atom is -0.289 e.